The van der Waals surface area contributed by atoms with Crippen LogP contribution in [0.1, 0.15) is 113 Å². The van der Waals surface area contributed by atoms with E-state index in [2.05, 4.69) is 242 Å². The molecule has 28 rings (SSSR count). The van der Waals surface area contributed by atoms with Crippen LogP contribution >= 0.6 is 11.6 Å². The van der Waals surface area contributed by atoms with Gasteiger partial charge < -0.3 is 32.0 Å². The minimum absolute atomic E-state index is 0.307. The molecule has 21 nitrogen and oxygen atoms in total. The lowest BCUT2D eigenvalue weighted by Gasteiger charge is -2.10. The number of benzene rings is 14. The highest BCUT2D eigenvalue weighted by atomic mass is 35.5. The number of fused-ring (bicyclic) bond motifs is 28. The zero-order valence-corrected chi connectivity index (χ0v) is 83.8. The van der Waals surface area contributed by atoms with Gasteiger partial charge >= 0.3 is 0 Å². The fraction of sp³-hybridized carbons (Fsp3) is 0.180. The smallest absolute Gasteiger partial charge is 0.160 e. The first kappa shape index (κ1) is 93.4. The Hall–Kier alpha value is -16.9. The minimum atomic E-state index is 0.307. The quantitative estimate of drug-likeness (QED) is 0.116. The number of halogens is 1. The van der Waals surface area contributed by atoms with E-state index in [0.29, 0.717) is 24.0 Å². The maximum Gasteiger partial charge on any atom is 0.160 e. The second-order valence-electron chi connectivity index (χ2n) is 37.2. The molecule has 144 heavy (non-hydrogen) atoms. The molecule has 0 amide bonds. The van der Waals surface area contributed by atoms with Crippen molar-refractivity contribution in [2.75, 3.05) is 0 Å². The molecule has 0 aliphatic rings. The monoisotopic (exact) mass is 1900 g/mol. The summed E-state index contributed by atoms with van der Waals surface area (Å²) in [5.74, 6) is 0.567. The molecule has 0 fully saturated rings. The molecule has 0 unspecified atom stereocenters. The molecule has 710 valence electrons. The number of allylic oxidation sites excluding steroid dienone is 1. The Balaban J connectivity index is 0.0000000988. The molecule has 0 N–H and O–H groups in total. The van der Waals surface area contributed by atoms with Crippen molar-refractivity contribution in [2.45, 2.75) is 141 Å². The Kier molecular flexibility index (Phi) is 25.9. The van der Waals surface area contributed by atoms with Gasteiger partial charge in [-0.15, -0.1) is 6.58 Å². The first-order chi connectivity index (χ1) is 70.4. The standard InChI is InChI=1S/2C18H17N3.C17H14ClN3.2C17H15N3.C17H13N3.C16H13N3.C2H6/c1-11(2)21-16-9-8-12(3)10-13(16)17-18(21)20-15-7-5-4-6-14(15)19-17;1-12(2)11-21-16-10-6-3-7-13(16)17-18(21)20-15-9-5-4-8-14(15)19-17;1-10(2)21-15-8-7-11(18)9-12(15)16-17(21)20-14-6-4-3-5-13(14)19-16;1-11(2)20-15-10-6-3-7-12(15)16-17(20)19-14-9-5-4-8-13(14)18-16;2*1-2-11-20-15-10-6-3-7-12(15)16-17(20)19-14-9-5-4-8-13(14)18-16;1-2-19-14-10-6-3-7-11(14)15-16(19)18-13-9-5-4-8-12(13)17-15;1-2/h4-11H,1-3H3;3-10,12H,11H2,1-2H3;3-10H,1-2H3;3-11H,1-2H3;3-10H,2,11H2,1H3;2-10H,1,11H2;3-10H,2H2,1H3;1-2H3. The third-order valence-corrected chi connectivity index (χ3v) is 26.3. The van der Waals surface area contributed by atoms with Crippen LogP contribution in [0.5, 0.6) is 0 Å². The zero-order chi connectivity index (χ0) is 99.1. The van der Waals surface area contributed by atoms with E-state index in [0.717, 1.165) is 215 Å². The van der Waals surface area contributed by atoms with Gasteiger partial charge in [-0.05, 0) is 213 Å². The van der Waals surface area contributed by atoms with Gasteiger partial charge in [-0.3, -0.25) is 0 Å². The second kappa shape index (κ2) is 40.0. The summed E-state index contributed by atoms with van der Waals surface area (Å²) < 4.78 is 15.7. The van der Waals surface area contributed by atoms with Gasteiger partial charge in [0.05, 0.1) is 116 Å². The van der Waals surface area contributed by atoms with Crippen LogP contribution in [0.4, 0.5) is 0 Å². The molecule has 0 saturated heterocycles. The molecule has 14 aromatic carbocycles. The van der Waals surface area contributed by atoms with Crippen molar-refractivity contribution in [3.8, 4) is 0 Å². The van der Waals surface area contributed by atoms with Crippen LogP contribution in [0.2, 0.25) is 5.02 Å². The van der Waals surface area contributed by atoms with Crippen LogP contribution in [-0.4, -0.2) is 102 Å². The molecule has 0 aliphatic carbocycles. The summed E-state index contributed by atoms with van der Waals surface area (Å²) in [5.41, 5.74) is 36.4. The number of para-hydroxylation sites is 19. The fourth-order valence-electron chi connectivity index (χ4n) is 19.9. The van der Waals surface area contributed by atoms with E-state index in [-0.39, 0.29) is 0 Å². The number of nitrogens with zero attached hydrogens (tertiary/aromatic N) is 21. The molecule has 0 spiro atoms. The number of rotatable bonds is 10. The summed E-state index contributed by atoms with van der Waals surface area (Å²) >= 11 is 6.17. The fourth-order valence-corrected chi connectivity index (χ4v) is 20.1. The Morgan fingerprint density at radius 3 is 0.812 bits per heavy atom. The van der Waals surface area contributed by atoms with E-state index in [4.69, 9.17) is 81.4 Å². The third-order valence-electron chi connectivity index (χ3n) is 26.1. The summed E-state index contributed by atoms with van der Waals surface area (Å²) in [6, 6.07) is 112. The Morgan fingerprint density at radius 1 is 0.257 bits per heavy atom. The van der Waals surface area contributed by atoms with Crippen molar-refractivity contribution < 1.29 is 0 Å². The van der Waals surface area contributed by atoms with Crippen molar-refractivity contribution >= 4 is 243 Å². The van der Waals surface area contributed by atoms with E-state index >= 15 is 0 Å². The number of hydrogen-bond donors (Lipinski definition) is 0. The topological polar surface area (TPSA) is 215 Å². The number of hydrogen-bond acceptors (Lipinski definition) is 14. The van der Waals surface area contributed by atoms with Crippen LogP contribution in [0, 0.1) is 12.8 Å². The molecular weight excluding hydrogens is 1790 g/mol. The van der Waals surface area contributed by atoms with Gasteiger partial charge in [0.25, 0.3) is 0 Å². The molecule has 0 bridgehead atoms. The van der Waals surface area contributed by atoms with Gasteiger partial charge in [0.1, 0.15) is 38.6 Å². The first-order valence-electron chi connectivity index (χ1n) is 49.8. The van der Waals surface area contributed by atoms with Gasteiger partial charge in [0.15, 0.2) is 39.5 Å². The van der Waals surface area contributed by atoms with Crippen LogP contribution in [0.3, 0.4) is 0 Å². The van der Waals surface area contributed by atoms with E-state index in [1.54, 1.807) is 0 Å². The maximum atomic E-state index is 6.17. The zero-order valence-electron chi connectivity index (χ0n) is 83.1. The molecule has 28 aromatic rings. The summed E-state index contributed by atoms with van der Waals surface area (Å²) in [7, 11) is 0. The summed E-state index contributed by atoms with van der Waals surface area (Å²) in [6.45, 7) is 35.4. The molecular formula is C122H110ClN21. The highest BCUT2D eigenvalue weighted by Crippen LogP contribution is 2.39. The van der Waals surface area contributed by atoms with Gasteiger partial charge in [0, 0.05) is 87.0 Å². The van der Waals surface area contributed by atoms with Gasteiger partial charge in [-0.25, -0.2) is 69.8 Å². The predicted molar refractivity (Wildman–Crippen MR) is 601 cm³/mol. The van der Waals surface area contributed by atoms with Crippen LogP contribution in [0.15, 0.2) is 340 Å². The summed E-state index contributed by atoms with van der Waals surface area (Å²) in [4.78, 5) is 67.6. The highest BCUT2D eigenvalue weighted by molar-refractivity contribution is 6.32. The van der Waals surface area contributed by atoms with Gasteiger partial charge in [-0.1, -0.05) is 240 Å². The lowest BCUT2D eigenvalue weighted by molar-refractivity contribution is 0.543. The van der Waals surface area contributed by atoms with Gasteiger partial charge in [-0.2, -0.15) is 0 Å². The van der Waals surface area contributed by atoms with Gasteiger partial charge in [0.2, 0.25) is 0 Å². The maximum absolute atomic E-state index is 6.17. The summed E-state index contributed by atoms with van der Waals surface area (Å²) in [5, 5.41) is 8.84. The van der Waals surface area contributed by atoms with Crippen molar-refractivity contribution in [3.05, 3.63) is 351 Å². The molecule has 22 heteroatoms. The third kappa shape index (κ3) is 17.4. The Bertz CT molecular complexity index is 9590. The van der Waals surface area contributed by atoms with Crippen LogP contribution < -0.4 is 0 Å². The van der Waals surface area contributed by atoms with E-state index in [9.17, 15) is 0 Å². The molecule has 0 atom stereocenters. The predicted octanol–water partition coefficient (Wildman–Crippen LogP) is 31.2. The minimum Gasteiger partial charge on any atom is -0.324 e. The normalized spacial score (nSPS) is 11.7. The molecule has 14 aromatic heterocycles. The highest BCUT2D eigenvalue weighted by Gasteiger charge is 2.24. The lowest BCUT2D eigenvalue weighted by atomic mass is 10.1. The largest absolute Gasteiger partial charge is 0.324 e. The number of aryl methyl sites for hydroxylation is 3. The SMILES string of the molecule is C=CCn1c2ccccc2c2nc3ccccc3nc21.CC.CC(C)Cn1c2ccccc2c2nc3ccccc3nc21.CC(C)n1c2ccc(Cl)cc2c2nc3ccccc3nc21.CC(C)n1c2ccccc2c2nc3ccccc3nc21.CCCn1c2ccccc2c2nc3ccccc3nc21.CCn1c2ccccc2c2nc3ccccc3nc21.Cc1ccc2c(c1)c1nc3ccccc3nc1n2C(C)C. The molecule has 0 saturated carbocycles. The first-order valence-corrected chi connectivity index (χ1v) is 50.2. The molecule has 0 aliphatic heterocycles. The number of aromatic nitrogens is 21. The Labute approximate surface area is 837 Å². The van der Waals surface area contributed by atoms with Crippen LogP contribution in [0.25, 0.3) is 232 Å². The summed E-state index contributed by atoms with van der Waals surface area (Å²) in [6.07, 6.45) is 2.98. The van der Waals surface area contributed by atoms with Crippen molar-refractivity contribution in [1.82, 2.24) is 102 Å². The van der Waals surface area contributed by atoms with E-state index in [1.807, 2.05) is 220 Å². The van der Waals surface area contributed by atoms with Crippen LogP contribution in [-0.2, 0) is 26.2 Å². The van der Waals surface area contributed by atoms with Crippen molar-refractivity contribution in [1.29, 1.82) is 0 Å². The molecule has 14 heterocycles. The molecule has 0 radical (unpaired) electrons. The average molecular weight is 1910 g/mol. The van der Waals surface area contributed by atoms with Crippen molar-refractivity contribution in [3.63, 3.8) is 0 Å². The van der Waals surface area contributed by atoms with E-state index in [1.165, 1.54) is 60.1 Å². The van der Waals surface area contributed by atoms with Crippen molar-refractivity contribution in [2.24, 2.45) is 5.92 Å². The van der Waals surface area contributed by atoms with E-state index < -0.39 is 0 Å². The second-order valence-corrected chi connectivity index (χ2v) is 37.6. The average Bonchev–Trinajstić information content (AvgIpc) is 1.58. The lowest BCUT2D eigenvalue weighted by Crippen LogP contribution is -2.05. The Morgan fingerprint density at radius 2 is 0.493 bits per heavy atom.